The van der Waals surface area contributed by atoms with E-state index < -0.39 is 11.6 Å². The predicted octanol–water partition coefficient (Wildman–Crippen LogP) is 1.97. The second-order valence-electron chi connectivity index (χ2n) is 5.87. The van der Waals surface area contributed by atoms with Gasteiger partial charge in [-0.1, -0.05) is 18.2 Å². The molecule has 0 radical (unpaired) electrons. The van der Waals surface area contributed by atoms with Crippen LogP contribution in [0.25, 0.3) is 0 Å². The van der Waals surface area contributed by atoms with Crippen molar-refractivity contribution >= 4 is 18.3 Å². The van der Waals surface area contributed by atoms with Gasteiger partial charge in [-0.25, -0.2) is 0 Å². The number of ether oxygens (including phenoxy) is 2. The van der Waals surface area contributed by atoms with Gasteiger partial charge >= 0.3 is 0 Å². The van der Waals surface area contributed by atoms with Crippen LogP contribution in [0.5, 0.6) is 5.75 Å². The summed E-state index contributed by atoms with van der Waals surface area (Å²) in [6, 6.07) is 7.69. The molecule has 0 spiro atoms. The fourth-order valence-corrected chi connectivity index (χ4v) is 2.69. The number of carbonyl (C=O) groups is 1. The molecule has 0 saturated carbocycles. The number of carbonyl (C=O) groups excluding carboxylic acids is 1. The first-order chi connectivity index (χ1) is 9.97. The van der Waals surface area contributed by atoms with Crippen molar-refractivity contribution in [1.29, 1.82) is 0 Å². The van der Waals surface area contributed by atoms with Crippen molar-refractivity contribution in [3.63, 3.8) is 0 Å². The van der Waals surface area contributed by atoms with Gasteiger partial charge in [-0.3, -0.25) is 4.79 Å². The van der Waals surface area contributed by atoms with Crippen molar-refractivity contribution < 1.29 is 14.3 Å². The second kappa shape index (κ2) is 7.81. The van der Waals surface area contributed by atoms with Crippen molar-refractivity contribution in [2.45, 2.75) is 44.4 Å². The molecule has 1 aromatic rings. The summed E-state index contributed by atoms with van der Waals surface area (Å²) < 4.78 is 11.0. The van der Waals surface area contributed by atoms with Crippen LogP contribution in [0.2, 0.25) is 0 Å². The minimum atomic E-state index is -0.534. The molecule has 1 saturated heterocycles. The van der Waals surface area contributed by atoms with E-state index >= 15 is 0 Å². The molecule has 6 heteroatoms. The van der Waals surface area contributed by atoms with Crippen LogP contribution in [0.1, 0.15) is 32.3 Å². The third kappa shape index (κ3) is 4.12. The zero-order chi connectivity index (χ0) is 15.5. The number of hydrogen-bond acceptors (Lipinski definition) is 4. The van der Waals surface area contributed by atoms with E-state index in [1.54, 1.807) is 7.11 Å². The molecule has 124 valence electrons. The van der Waals surface area contributed by atoms with Gasteiger partial charge in [0.2, 0.25) is 5.91 Å². The third-order valence-electron chi connectivity index (χ3n) is 3.88. The zero-order valence-electron chi connectivity index (χ0n) is 13.3. The molecule has 1 heterocycles. The summed E-state index contributed by atoms with van der Waals surface area (Å²) in [7, 11) is 1.63. The lowest BCUT2D eigenvalue weighted by Gasteiger charge is -2.29. The van der Waals surface area contributed by atoms with E-state index in [4.69, 9.17) is 15.2 Å². The molecular weight excluding hydrogens is 304 g/mol. The Morgan fingerprint density at radius 1 is 1.41 bits per heavy atom. The Morgan fingerprint density at radius 2 is 2.09 bits per heavy atom. The van der Waals surface area contributed by atoms with Gasteiger partial charge < -0.3 is 20.5 Å². The summed E-state index contributed by atoms with van der Waals surface area (Å²) in [6.07, 6.45) is 1.14. The van der Waals surface area contributed by atoms with Gasteiger partial charge in [0.15, 0.2) is 0 Å². The van der Waals surface area contributed by atoms with Gasteiger partial charge in [-0.15, -0.1) is 12.4 Å². The van der Waals surface area contributed by atoms with Crippen LogP contribution >= 0.6 is 12.4 Å². The lowest BCUT2D eigenvalue weighted by atomic mass is 9.93. The SMILES string of the molecule is COc1ccccc1C(C)(C)NC(=O)[C@@H]1CC[C@H](CN)O1.Cl. The van der Waals surface area contributed by atoms with Crippen LogP contribution in [0.3, 0.4) is 0 Å². The molecule has 5 nitrogen and oxygen atoms in total. The average molecular weight is 329 g/mol. The smallest absolute Gasteiger partial charge is 0.249 e. The van der Waals surface area contributed by atoms with Gasteiger partial charge in [0.05, 0.1) is 18.8 Å². The molecule has 1 fully saturated rings. The standard InChI is InChI=1S/C16H24N2O3.ClH/c1-16(2,12-6-4-5-7-13(12)20-3)18-15(19)14-9-8-11(10-17)21-14;/h4-7,11,14H,8-10,17H2,1-3H3,(H,18,19);1H/t11-,14+;/m1./s1. The maximum absolute atomic E-state index is 12.4. The Kier molecular flexibility index (Phi) is 6.66. The monoisotopic (exact) mass is 328 g/mol. The van der Waals surface area contributed by atoms with Crippen LogP contribution in [0.4, 0.5) is 0 Å². The highest BCUT2D eigenvalue weighted by molar-refractivity contribution is 5.85. The number of amides is 1. The largest absolute Gasteiger partial charge is 0.496 e. The molecule has 1 aromatic carbocycles. The molecule has 0 aromatic heterocycles. The van der Waals surface area contributed by atoms with Gasteiger partial charge in [-0.05, 0) is 32.8 Å². The Morgan fingerprint density at radius 3 is 2.68 bits per heavy atom. The Bertz CT molecular complexity index is 508. The van der Waals surface area contributed by atoms with Crippen LogP contribution in [0.15, 0.2) is 24.3 Å². The molecule has 2 atom stereocenters. The fourth-order valence-electron chi connectivity index (χ4n) is 2.69. The van der Waals surface area contributed by atoms with E-state index in [-0.39, 0.29) is 24.4 Å². The normalized spacial score (nSPS) is 21.1. The average Bonchev–Trinajstić information content (AvgIpc) is 2.96. The molecule has 0 aliphatic carbocycles. The fraction of sp³-hybridized carbons (Fsp3) is 0.562. The predicted molar refractivity (Wildman–Crippen MR) is 88.4 cm³/mol. The Balaban J connectivity index is 0.00000242. The van der Waals surface area contributed by atoms with E-state index in [1.807, 2.05) is 38.1 Å². The number of hydrogen-bond donors (Lipinski definition) is 2. The van der Waals surface area contributed by atoms with Crippen molar-refractivity contribution in [2.75, 3.05) is 13.7 Å². The highest BCUT2D eigenvalue weighted by Crippen LogP contribution is 2.30. The summed E-state index contributed by atoms with van der Waals surface area (Å²) in [5, 5.41) is 3.05. The van der Waals surface area contributed by atoms with E-state index in [2.05, 4.69) is 5.32 Å². The first-order valence-corrected chi connectivity index (χ1v) is 7.29. The molecule has 1 aliphatic rings. The number of rotatable bonds is 5. The minimum Gasteiger partial charge on any atom is -0.496 e. The van der Waals surface area contributed by atoms with Crippen LogP contribution in [-0.2, 0) is 15.1 Å². The lowest BCUT2D eigenvalue weighted by molar-refractivity contribution is -0.133. The summed E-state index contributed by atoms with van der Waals surface area (Å²) >= 11 is 0. The first-order valence-electron chi connectivity index (χ1n) is 7.29. The Labute approximate surface area is 138 Å². The summed E-state index contributed by atoms with van der Waals surface area (Å²) in [5.74, 6) is 0.664. The number of nitrogens with one attached hydrogen (secondary N) is 1. The van der Waals surface area contributed by atoms with E-state index in [1.165, 1.54) is 0 Å². The second-order valence-corrected chi connectivity index (χ2v) is 5.87. The third-order valence-corrected chi connectivity index (χ3v) is 3.88. The number of nitrogens with two attached hydrogens (primary N) is 1. The number of methoxy groups -OCH3 is 1. The zero-order valence-corrected chi connectivity index (χ0v) is 14.1. The minimum absolute atomic E-state index is 0. The number of halogens is 1. The van der Waals surface area contributed by atoms with Crippen LogP contribution < -0.4 is 15.8 Å². The van der Waals surface area contributed by atoms with E-state index in [9.17, 15) is 4.79 Å². The Hall–Kier alpha value is -1.30. The van der Waals surface area contributed by atoms with Gasteiger partial charge in [0.1, 0.15) is 11.9 Å². The summed E-state index contributed by atoms with van der Waals surface area (Å²) in [5.41, 5.74) is 5.98. The van der Waals surface area contributed by atoms with Gasteiger partial charge in [0.25, 0.3) is 0 Å². The lowest BCUT2D eigenvalue weighted by Crippen LogP contribution is -2.46. The quantitative estimate of drug-likeness (QED) is 0.866. The van der Waals surface area contributed by atoms with Crippen LogP contribution in [0, 0.1) is 0 Å². The molecule has 1 amide bonds. The molecular formula is C16H25ClN2O3. The number of benzene rings is 1. The highest BCUT2D eigenvalue weighted by atomic mass is 35.5. The van der Waals surface area contributed by atoms with Gasteiger partial charge in [-0.2, -0.15) is 0 Å². The topological polar surface area (TPSA) is 73.6 Å². The molecule has 2 rings (SSSR count). The number of para-hydroxylation sites is 1. The molecule has 0 bridgehead atoms. The van der Waals surface area contributed by atoms with Crippen molar-refractivity contribution in [3.8, 4) is 5.75 Å². The van der Waals surface area contributed by atoms with Crippen molar-refractivity contribution in [2.24, 2.45) is 5.73 Å². The van der Waals surface area contributed by atoms with Gasteiger partial charge in [0, 0.05) is 12.1 Å². The summed E-state index contributed by atoms with van der Waals surface area (Å²) in [6.45, 7) is 4.37. The molecule has 1 aliphatic heterocycles. The highest BCUT2D eigenvalue weighted by Gasteiger charge is 2.34. The van der Waals surface area contributed by atoms with Crippen molar-refractivity contribution in [1.82, 2.24) is 5.32 Å². The first kappa shape index (κ1) is 18.7. The maximum atomic E-state index is 12.4. The molecule has 0 unspecified atom stereocenters. The summed E-state index contributed by atoms with van der Waals surface area (Å²) in [4.78, 5) is 12.4. The molecule has 3 N–H and O–H groups in total. The molecule has 22 heavy (non-hydrogen) atoms. The van der Waals surface area contributed by atoms with E-state index in [0.29, 0.717) is 6.54 Å². The van der Waals surface area contributed by atoms with Crippen LogP contribution in [-0.4, -0.2) is 31.8 Å². The van der Waals surface area contributed by atoms with E-state index in [0.717, 1.165) is 24.2 Å². The maximum Gasteiger partial charge on any atom is 0.249 e. The van der Waals surface area contributed by atoms with Crippen molar-refractivity contribution in [3.05, 3.63) is 29.8 Å².